The van der Waals surface area contributed by atoms with E-state index in [9.17, 15) is 19.2 Å². The molecule has 1 amide bonds. The van der Waals surface area contributed by atoms with Gasteiger partial charge in [-0.1, -0.05) is 43.5 Å². The van der Waals surface area contributed by atoms with Crippen LogP contribution in [0.2, 0.25) is 0 Å². The van der Waals surface area contributed by atoms with Crippen molar-refractivity contribution in [3.63, 3.8) is 0 Å². The molecule has 1 unspecified atom stereocenters. The first-order valence-corrected chi connectivity index (χ1v) is 16.4. The predicted octanol–water partition coefficient (Wildman–Crippen LogP) is 6.64. The first-order chi connectivity index (χ1) is 21.5. The van der Waals surface area contributed by atoms with Gasteiger partial charge in [-0.15, -0.1) is 13.2 Å². The molecule has 5 rings (SSSR count). The molecule has 8 nitrogen and oxygen atoms in total. The molecule has 2 aromatic rings. The van der Waals surface area contributed by atoms with Gasteiger partial charge < -0.3 is 14.4 Å². The number of nitrogens with zero attached hydrogens (tertiary/aromatic N) is 2. The third-order valence-electron chi connectivity index (χ3n) is 9.96. The van der Waals surface area contributed by atoms with Gasteiger partial charge in [-0.3, -0.25) is 19.2 Å². The summed E-state index contributed by atoms with van der Waals surface area (Å²) < 4.78 is 12.1. The maximum atomic E-state index is 14.2. The number of fused-ring (bicyclic) bond motifs is 3. The van der Waals surface area contributed by atoms with Gasteiger partial charge in [-0.25, -0.2) is 4.98 Å². The third-order valence-corrected chi connectivity index (χ3v) is 9.96. The molecular weight excluding hydrogens is 568 g/mol. The largest absolute Gasteiger partial charge is 0.482 e. The number of aryl methyl sites for hydroxylation is 2. The monoisotopic (exact) mass is 614 g/mol. The van der Waals surface area contributed by atoms with Gasteiger partial charge in [0.2, 0.25) is 5.91 Å². The number of likely N-dealkylation sites (tertiary alicyclic amines) is 1. The van der Waals surface area contributed by atoms with Crippen molar-refractivity contribution in [3.8, 4) is 5.75 Å². The molecule has 0 N–H and O–H groups in total. The van der Waals surface area contributed by atoms with Gasteiger partial charge in [0.1, 0.15) is 5.60 Å². The summed E-state index contributed by atoms with van der Waals surface area (Å²) in [7, 11) is 0. The number of carbonyl (C=O) groups excluding carboxylic acids is 4. The van der Waals surface area contributed by atoms with Crippen LogP contribution in [0.5, 0.6) is 5.75 Å². The van der Waals surface area contributed by atoms with E-state index >= 15 is 0 Å². The lowest BCUT2D eigenvalue weighted by molar-refractivity contribution is -0.152. The minimum absolute atomic E-state index is 0.0436. The highest BCUT2D eigenvalue weighted by atomic mass is 16.5. The van der Waals surface area contributed by atoms with Crippen molar-refractivity contribution in [2.75, 3.05) is 13.2 Å². The first kappa shape index (κ1) is 32.6. The zero-order valence-corrected chi connectivity index (χ0v) is 27.2. The molecule has 3 aliphatic rings. The molecule has 2 fully saturated rings. The van der Waals surface area contributed by atoms with Crippen LogP contribution in [-0.2, 0) is 19.1 Å². The highest BCUT2D eigenvalue weighted by Gasteiger charge is 2.62. The van der Waals surface area contributed by atoms with Gasteiger partial charge in [0, 0.05) is 24.1 Å². The lowest BCUT2D eigenvalue weighted by Gasteiger charge is -2.35. The smallest absolute Gasteiger partial charge is 0.313 e. The molecule has 1 aliphatic carbocycles. The summed E-state index contributed by atoms with van der Waals surface area (Å²) in [6, 6.07) is 5.01. The Balaban J connectivity index is 1.45. The number of allylic oxidation sites excluding steroid dienone is 2. The number of ether oxygens (including phenoxy) is 2. The molecule has 1 saturated heterocycles. The van der Waals surface area contributed by atoms with E-state index in [-0.39, 0.29) is 61.7 Å². The third kappa shape index (κ3) is 6.21. The van der Waals surface area contributed by atoms with E-state index in [1.807, 2.05) is 45.0 Å². The summed E-state index contributed by atoms with van der Waals surface area (Å²) in [6.45, 7) is 15.4. The van der Waals surface area contributed by atoms with Crippen LogP contribution in [0.25, 0.3) is 10.9 Å². The van der Waals surface area contributed by atoms with Crippen molar-refractivity contribution < 1.29 is 28.7 Å². The van der Waals surface area contributed by atoms with Crippen molar-refractivity contribution in [1.82, 2.24) is 9.88 Å². The zero-order chi connectivity index (χ0) is 32.5. The quantitative estimate of drug-likeness (QED) is 0.142. The number of rotatable bonds is 13. The number of Topliss-reactive ketones (excluding diaryl/α,β-unsaturated/α-hetero) is 2. The van der Waals surface area contributed by atoms with Crippen LogP contribution in [0, 0.1) is 31.1 Å². The van der Waals surface area contributed by atoms with Gasteiger partial charge in [0.15, 0.2) is 17.3 Å². The summed E-state index contributed by atoms with van der Waals surface area (Å²) in [5.74, 6) is -0.838. The highest BCUT2D eigenvalue weighted by molar-refractivity contribution is 6.11. The average molecular weight is 615 g/mol. The van der Waals surface area contributed by atoms with Crippen LogP contribution < -0.4 is 4.74 Å². The van der Waals surface area contributed by atoms with Crippen molar-refractivity contribution >= 4 is 34.3 Å². The topological polar surface area (TPSA) is 103 Å². The average Bonchev–Trinajstić information content (AvgIpc) is 3.61. The molecule has 0 bridgehead atoms. The van der Waals surface area contributed by atoms with E-state index in [0.29, 0.717) is 29.8 Å². The van der Waals surface area contributed by atoms with Crippen LogP contribution in [0.15, 0.2) is 43.5 Å². The Morgan fingerprint density at radius 3 is 2.64 bits per heavy atom. The molecule has 1 saturated carbocycles. The minimum Gasteiger partial charge on any atom is -0.482 e. The van der Waals surface area contributed by atoms with E-state index in [4.69, 9.17) is 14.5 Å². The van der Waals surface area contributed by atoms with E-state index in [1.165, 1.54) is 0 Å². The van der Waals surface area contributed by atoms with Crippen LogP contribution in [0.4, 0.5) is 0 Å². The zero-order valence-electron chi connectivity index (χ0n) is 27.2. The number of hydrogen-bond acceptors (Lipinski definition) is 7. The summed E-state index contributed by atoms with van der Waals surface area (Å²) in [4.78, 5) is 61.6. The fourth-order valence-electron chi connectivity index (χ4n) is 7.37. The molecule has 8 heteroatoms. The Kier molecular flexibility index (Phi) is 9.33. The number of esters is 1. The number of benzene rings is 1. The van der Waals surface area contributed by atoms with Crippen molar-refractivity contribution in [3.05, 3.63) is 60.3 Å². The van der Waals surface area contributed by atoms with Gasteiger partial charge in [-0.05, 0) is 64.5 Å². The summed E-state index contributed by atoms with van der Waals surface area (Å²) in [5.41, 5.74) is 0.838. The molecule has 1 aromatic carbocycles. The minimum atomic E-state index is -1.06. The Hall–Kier alpha value is -3.81. The SMILES string of the molecule is C=CCCCCC[C@H](C)C(=O)N1C[C@@]2(CC(=O)c3c(c(C)nc4ccc(C)cc34)O2)C[C@H]1C(=O)C[C@]1(C(=O)OCC)CC1C=C. The van der Waals surface area contributed by atoms with Crippen molar-refractivity contribution in [1.29, 1.82) is 0 Å². The standard InChI is InChI=1S/C37H46N2O6/c1-7-10-11-12-13-14-24(5)34(42)39-22-36(19-29(39)30(40)21-37(18-26(37)8-2)35(43)44-9-3)20-31(41)32-27-17-23(4)15-16-28(27)38-25(6)33(32)45-36/h7-8,15-17,24,26,29H,1-2,9-14,18-22H2,3-6H3/t24-,26?,29-,36-,37+/m0/s1. The second kappa shape index (κ2) is 12.9. The number of unbranched alkanes of at least 4 members (excludes halogenated alkanes) is 3. The molecule has 5 atom stereocenters. The summed E-state index contributed by atoms with van der Waals surface area (Å²) >= 11 is 0. The van der Waals surface area contributed by atoms with Crippen LogP contribution in [0.1, 0.15) is 93.3 Å². The molecule has 0 radical (unpaired) electrons. The van der Waals surface area contributed by atoms with E-state index in [0.717, 1.165) is 42.1 Å². The Bertz CT molecular complexity index is 1550. The number of carbonyl (C=O) groups is 4. The summed E-state index contributed by atoms with van der Waals surface area (Å²) in [5, 5.41) is 0.750. The van der Waals surface area contributed by atoms with E-state index < -0.39 is 23.0 Å². The Morgan fingerprint density at radius 2 is 1.96 bits per heavy atom. The lowest BCUT2D eigenvalue weighted by Crippen LogP contribution is -2.47. The maximum Gasteiger partial charge on any atom is 0.313 e. The number of ketones is 2. The predicted molar refractivity (Wildman–Crippen MR) is 173 cm³/mol. The summed E-state index contributed by atoms with van der Waals surface area (Å²) in [6.07, 6.45) is 8.84. The second-order valence-electron chi connectivity index (χ2n) is 13.4. The second-order valence-corrected chi connectivity index (χ2v) is 13.4. The number of hydrogen-bond donors (Lipinski definition) is 0. The van der Waals surface area contributed by atoms with E-state index in [1.54, 1.807) is 17.9 Å². The van der Waals surface area contributed by atoms with Gasteiger partial charge in [0.05, 0.1) is 47.8 Å². The van der Waals surface area contributed by atoms with Gasteiger partial charge in [-0.2, -0.15) is 0 Å². The number of aromatic nitrogens is 1. The Morgan fingerprint density at radius 1 is 1.18 bits per heavy atom. The van der Waals surface area contributed by atoms with Crippen LogP contribution >= 0.6 is 0 Å². The maximum absolute atomic E-state index is 14.2. The molecule has 45 heavy (non-hydrogen) atoms. The number of pyridine rings is 1. The van der Waals surface area contributed by atoms with Crippen molar-refractivity contribution in [2.45, 2.75) is 97.1 Å². The van der Waals surface area contributed by atoms with Gasteiger partial charge >= 0.3 is 5.97 Å². The molecular formula is C37H46N2O6. The van der Waals surface area contributed by atoms with Crippen LogP contribution in [-0.4, -0.2) is 58.1 Å². The molecule has 1 spiro atoms. The van der Waals surface area contributed by atoms with Crippen LogP contribution in [0.3, 0.4) is 0 Å². The fraction of sp³-hybridized carbons (Fsp3) is 0.541. The fourth-order valence-corrected chi connectivity index (χ4v) is 7.37. The van der Waals surface area contributed by atoms with Crippen molar-refractivity contribution in [2.24, 2.45) is 17.3 Å². The number of amides is 1. The van der Waals surface area contributed by atoms with Gasteiger partial charge in [0.25, 0.3) is 0 Å². The normalized spacial score (nSPS) is 25.9. The molecule has 2 aliphatic heterocycles. The highest BCUT2D eigenvalue weighted by Crippen LogP contribution is 2.57. The Labute approximate surface area is 266 Å². The molecule has 240 valence electrons. The first-order valence-electron chi connectivity index (χ1n) is 16.4. The van der Waals surface area contributed by atoms with E-state index in [2.05, 4.69) is 13.2 Å². The molecule has 3 heterocycles. The molecule has 1 aromatic heterocycles. The lowest BCUT2D eigenvalue weighted by atomic mass is 9.84.